The Hall–Kier alpha value is 0.460. The minimum atomic E-state index is 0.336. The van der Waals surface area contributed by atoms with Gasteiger partial charge in [0.05, 0.1) is 59.5 Å². The summed E-state index contributed by atoms with van der Waals surface area (Å²) in [6.45, 7) is 7.13. The van der Waals surface area contributed by atoms with E-state index in [4.69, 9.17) is 28.4 Å². The molecule has 8 heteroatoms. The molecule has 3 fully saturated rings. The molecule has 24 heavy (non-hydrogen) atoms. The molecule has 3 aliphatic rings. The van der Waals surface area contributed by atoms with E-state index in [2.05, 4.69) is 0 Å². The van der Waals surface area contributed by atoms with E-state index in [1.165, 1.54) is 0 Å². The summed E-state index contributed by atoms with van der Waals surface area (Å²) in [6.07, 6.45) is 1.05. The Morgan fingerprint density at radius 2 is 1.33 bits per heavy atom. The van der Waals surface area contributed by atoms with Crippen LogP contribution in [-0.2, 0) is 28.4 Å². The van der Waals surface area contributed by atoms with Gasteiger partial charge in [0.25, 0.3) is 0 Å². The van der Waals surface area contributed by atoms with E-state index in [0.29, 0.717) is 23.6 Å². The molecular weight excluding hydrogens is 352 g/mol. The quantitative estimate of drug-likeness (QED) is 0.274. The van der Waals surface area contributed by atoms with E-state index in [9.17, 15) is 0 Å². The molecule has 0 aromatic heterocycles. The van der Waals surface area contributed by atoms with Crippen molar-refractivity contribution < 1.29 is 28.4 Å². The van der Waals surface area contributed by atoms with Gasteiger partial charge in [-0.25, -0.2) is 0 Å². The van der Waals surface area contributed by atoms with Gasteiger partial charge in [0.1, 0.15) is 18.3 Å². The van der Waals surface area contributed by atoms with Crippen LogP contribution in [0, 0.1) is 0 Å². The zero-order valence-electron chi connectivity index (χ0n) is 14.1. The Morgan fingerprint density at radius 1 is 0.792 bits per heavy atom. The maximum Gasteiger partial charge on any atom is 0.104 e. The molecule has 0 aliphatic carbocycles. The van der Waals surface area contributed by atoms with Crippen molar-refractivity contribution in [3.8, 4) is 0 Å². The molecule has 4 unspecified atom stereocenters. The van der Waals surface area contributed by atoms with Gasteiger partial charge in [-0.15, -0.1) is 0 Å². The molecule has 0 spiro atoms. The molecule has 3 rings (SSSR count). The molecule has 0 N–H and O–H groups in total. The van der Waals surface area contributed by atoms with Crippen molar-refractivity contribution in [2.24, 2.45) is 0 Å². The summed E-state index contributed by atoms with van der Waals surface area (Å²) >= 11 is 3.86. The van der Waals surface area contributed by atoms with Gasteiger partial charge in [-0.1, -0.05) is 0 Å². The van der Waals surface area contributed by atoms with Crippen molar-refractivity contribution in [1.82, 2.24) is 0 Å². The third-order valence-corrected chi connectivity index (χ3v) is 6.16. The van der Waals surface area contributed by atoms with Crippen molar-refractivity contribution in [2.75, 3.05) is 76.7 Å². The lowest BCUT2D eigenvalue weighted by Gasteiger charge is -2.16. The van der Waals surface area contributed by atoms with Crippen LogP contribution >= 0.6 is 23.5 Å². The van der Waals surface area contributed by atoms with Crippen molar-refractivity contribution >= 4 is 23.5 Å². The average Bonchev–Trinajstić information content (AvgIpc) is 3.44. The molecule has 0 saturated carbocycles. The highest BCUT2D eigenvalue weighted by Gasteiger charge is 2.24. The van der Waals surface area contributed by atoms with Crippen LogP contribution in [0.2, 0.25) is 0 Å². The highest BCUT2D eigenvalue weighted by Crippen LogP contribution is 2.19. The van der Waals surface area contributed by atoms with Gasteiger partial charge in [0.15, 0.2) is 0 Å². The van der Waals surface area contributed by atoms with E-state index in [0.717, 1.165) is 76.7 Å². The molecule has 140 valence electrons. The van der Waals surface area contributed by atoms with Gasteiger partial charge in [0, 0.05) is 22.5 Å². The first kappa shape index (κ1) is 19.2. The number of epoxide rings is 3. The molecule has 3 aliphatic heterocycles. The van der Waals surface area contributed by atoms with Crippen molar-refractivity contribution in [2.45, 2.75) is 23.6 Å². The lowest BCUT2D eigenvalue weighted by molar-refractivity contribution is 0.119. The van der Waals surface area contributed by atoms with E-state index in [-0.39, 0.29) is 0 Å². The molecule has 0 amide bonds. The second kappa shape index (κ2) is 11.2. The van der Waals surface area contributed by atoms with Crippen molar-refractivity contribution in [1.29, 1.82) is 0 Å². The average molecular weight is 381 g/mol. The molecule has 0 radical (unpaired) electrons. The number of hydrogen-bond donors (Lipinski definition) is 0. The van der Waals surface area contributed by atoms with Crippen molar-refractivity contribution in [3.63, 3.8) is 0 Å². The Bertz CT molecular complexity index is 337. The monoisotopic (exact) mass is 380 g/mol. The first-order chi connectivity index (χ1) is 11.9. The number of thioether (sulfide) groups is 2. The van der Waals surface area contributed by atoms with E-state index in [1.54, 1.807) is 0 Å². The van der Waals surface area contributed by atoms with E-state index >= 15 is 0 Å². The van der Waals surface area contributed by atoms with Gasteiger partial charge in [-0.3, -0.25) is 0 Å². The molecular formula is C16H28O6S2. The zero-order chi connectivity index (χ0) is 16.5. The summed E-state index contributed by atoms with van der Waals surface area (Å²) < 4.78 is 32.4. The minimum Gasteiger partial charge on any atom is -0.378 e. The Kier molecular flexibility index (Phi) is 9.00. The fourth-order valence-electron chi connectivity index (χ4n) is 2.00. The zero-order valence-corrected chi connectivity index (χ0v) is 15.7. The molecule has 0 bridgehead atoms. The highest BCUT2D eigenvalue weighted by molar-refractivity contribution is 8.03. The molecule has 4 atom stereocenters. The summed E-state index contributed by atoms with van der Waals surface area (Å²) in [6, 6.07) is 0. The largest absolute Gasteiger partial charge is 0.378 e. The SMILES string of the molecule is C(CSCC(COCC1CO1)SCCOCC1CO1)OCC1CO1. The van der Waals surface area contributed by atoms with Crippen LogP contribution in [0.4, 0.5) is 0 Å². The van der Waals surface area contributed by atoms with E-state index < -0.39 is 0 Å². The fraction of sp³-hybridized carbons (Fsp3) is 1.00. The summed E-state index contributed by atoms with van der Waals surface area (Å²) in [5, 5.41) is 0.487. The first-order valence-corrected chi connectivity index (χ1v) is 10.9. The van der Waals surface area contributed by atoms with Crippen LogP contribution in [0.15, 0.2) is 0 Å². The molecule has 6 nitrogen and oxygen atoms in total. The molecule has 0 aromatic carbocycles. The van der Waals surface area contributed by atoms with Gasteiger partial charge >= 0.3 is 0 Å². The predicted octanol–water partition coefficient (Wildman–Crippen LogP) is 1.07. The lowest BCUT2D eigenvalue weighted by Crippen LogP contribution is -2.19. The van der Waals surface area contributed by atoms with Crippen LogP contribution in [0.5, 0.6) is 0 Å². The predicted molar refractivity (Wildman–Crippen MR) is 95.2 cm³/mol. The first-order valence-electron chi connectivity index (χ1n) is 8.67. The van der Waals surface area contributed by atoms with Crippen LogP contribution in [0.1, 0.15) is 0 Å². The van der Waals surface area contributed by atoms with Crippen molar-refractivity contribution in [3.05, 3.63) is 0 Å². The van der Waals surface area contributed by atoms with Gasteiger partial charge in [-0.2, -0.15) is 23.5 Å². The van der Waals surface area contributed by atoms with Crippen LogP contribution in [-0.4, -0.2) is 100 Å². The summed E-state index contributed by atoms with van der Waals surface area (Å²) in [7, 11) is 0. The number of hydrogen-bond acceptors (Lipinski definition) is 8. The molecule has 0 aromatic rings. The third kappa shape index (κ3) is 9.82. The van der Waals surface area contributed by atoms with Crippen LogP contribution in [0.25, 0.3) is 0 Å². The summed E-state index contributed by atoms with van der Waals surface area (Å²) in [5.41, 5.74) is 0. The second-order valence-electron chi connectivity index (χ2n) is 6.12. The minimum absolute atomic E-state index is 0.336. The van der Waals surface area contributed by atoms with Gasteiger partial charge in [-0.05, 0) is 0 Å². The second-order valence-corrected chi connectivity index (χ2v) is 8.68. The fourth-order valence-corrected chi connectivity index (χ4v) is 4.18. The van der Waals surface area contributed by atoms with Gasteiger partial charge < -0.3 is 28.4 Å². The molecule has 3 saturated heterocycles. The molecule has 3 heterocycles. The summed E-state index contributed by atoms with van der Waals surface area (Å²) in [4.78, 5) is 0. The topological polar surface area (TPSA) is 65.3 Å². The lowest BCUT2D eigenvalue weighted by atomic mass is 10.5. The van der Waals surface area contributed by atoms with E-state index in [1.807, 2.05) is 23.5 Å². The van der Waals surface area contributed by atoms with Crippen LogP contribution in [0.3, 0.4) is 0 Å². The maximum absolute atomic E-state index is 5.78. The van der Waals surface area contributed by atoms with Crippen LogP contribution < -0.4 is 0 Å². The standard InChI is InChI=1S/C16H28O6S2/c1(17-5-13-8-20-13)3-23-12-16(11-19-7-15-10-22-15)24-4-2-18-6-14-9-21-14/h13-16H,1-12H2. The number of rotatable bonds is 17. The normalized spacial score (nSPS) is 28.8. The Morgan fingerprint density at radius 3 is 1.92 bits per heavy atom. The Balaban J connectivity index is 1.18. The maximum atomic E-state index is 5.78. The van der Waals surface area contributed by atoms with Gasteiger partial charge in [0.2, 0.25) is 0 Å². The number of ether oxygens (including phenoxy) is 6. The smallest absolute Gasteiger partial charge is 0.104 e. The summed E-state index contributed by atoms with van der Waals surface area (Å²) in [5.74, 6) is 3.09. The third-order valence-electron chi connectivity index (χ3n) is 3.68. The highest BCUT2D eigenvalue weighted by atomic mass is 32.2. The Labute approximate surface area is 152 Å².